The van der Waals surface area contributed by atoms with Crippen molar-refractivity contribution >= 4 is 11.9 Å². The summed E-state index contributed by atoms with van der Waals surface area (Å²) in [5.41, 5.74) is -0.545. The first-order valence-corrected chi connectivity index (χ1v) is 6.84. The highest BCUT2D eigenvalue weighted by atomic mass is 16.4. The highest BCUT2D eigenvalue weighted by Gasteiger charge is 2.41. The Kier molecular flexibility index (Phi) is 5.59. The Bertz CT molecular complexity index is 299. The molecule has 1 fully saturated rings. The molecule has 2 unspecified atom stereocenters. The van der Waals surface area contributed by atoms with Crippen molar-refractivity contribution in [2.24, 2.45) is 0 Å². The van der Waals surface area contributed by atoms with Crippen LogP contribution in [0.4, 0.5) is 0 Å². The number of aliphatic carboxylic acids is 1. The number of amides is 1. The third-order valence-electron chi connectivity index (χ3n) is 3.54. The Morgan fingerprint density at radius 1 is 1.39 bits per heavy atom. The van der Waals surface area contributed by atoms with Crippen LogP contribution < -0.4 is 10.6 Å². The Balaban J connectivity index is 2.68. The minimum Gasteiger partial charge on any atom is -0.480 e. The number of carbonyl (C=O) groups is 2. The number of hydrogen-bond donors (Lipinski definition) is 3. The molecule has 0 aromatic carbocycles. The molecule has 0 radical (unpaired) electrons. The second-order valence-corrected chi connectivity index (χ2v) is 5.02. The third kappa shape index (κ3) is 3.45. The van der Waals surface area contributed by atoms with Crippen LogP contribution in [0.5, 0.6) is 0 Å². The van der Waals surface area contributed by atoms with Gasteiger partial charge in [0.05, 0.1) is 5.54 Å². The van der Waals surface area contributed by atoms with Crippen LogP contribution in [0.3, 0.4) is 0 Å². The Morgan fingerprint density at radius 2 is 2.11 bits per heavy atom. The van der Waals surface area contributed by atoms with Gasteiger partial charge in [0.1, 0.15) is 6.04 Å². The van der Waals surface area contributed by atoms with Gasteiger partial charge in [0, 0.05) is 0 Å². The van der Waals surface area contributed by atoms with E-state index >= 15 is 0 Å². The second kappa shape index (κ2) is 6.73. The van der Waals surface area contributed by atoms with Crippen molar-refractivity contribution in [1.29, 1.82) is 0 Å². The molecule has 0 aromatic heterocycles. The van der Waals surface area contributed by atoms with Gasteiger partial charge in [0.2, 0.25) is 5.91 Å². The van der Waals surface area contributed by atoms with Gasteiger partial charge in [0.15, 0.2) is 0 Å². The molecule has 1 heterocycles. The van der Waals surface area contributed by atoms with E-state index in [1.807, 2.05) is 13.8 Å². The smallest absolute Gasteiger partial charge is 0.326 e. The first-order chi connectivity index (χ1) is 8.55. The summed E-state index contributed by atoms with van der Waals surface area (Å²) in [6.45, 7) is 4.78. The molecule has 1 saturated heterocycles. The standard InChI is InChI=1S/C13H24N2O3/c1-3-6-10(11(16)17)15-12(18)13(7-4-2)8-5-9-14-13/h10,14H,3-9H2,1-2H3,(H,15,18)(H,16,17). The first kappa shape index (κ1) is 15.0. The largest absolute Gasteiger partial charge is 0.480 e. The summed E-state index contributed by atoms with van der Waals surface area (Å²) < 4.78 is 0. The lowest BCUT2D eigenvalue weighted by molar-refractivity contribution is -0.143. The predicted octanol–water partition coefficient (Wildman–Crippen LogP) is 1.28. The summed E-state index contributed by atoms with van der Waals surface area (Å²) in [6.07, 6.45) is 4.65. The summed E-state index contributed by atoms with van der Waals surface area (Å²) in [7, 11) is 0. The fourth-order valence-electron chi connectivity index (χ4n) is 2.60. The van der Waals surface area contributed by atoms with E-state index in [0.29, 0.717) is 6.42 Å². The predicted molar refractivity (Wildman–Crippen MR) is 69.4 cm³/mol. The van der Waals surface area contributed by atoms with E-state index < -0.39 is 17.6 Å². The zero-order valence-electron chi connectivity index (χ0n) is 11.3. The average Bonchev–Trinajstić information content (AvgIpc) is 2.78. The quantitative estimate of drug-likeness (QED) is 0.641. The molecule has 5 heteroatoms. The molecule has 0 saturated carbocycles. The molecule has 1 aliphatic rings. The van der Waals surface area contributed by atoms with Gasteiger partial charge in [-0.2, -0.15) is 0 Å². The first-order valence-electron chi connectivity index (χ1n) is 6.84. The fraction of sp³-hybridized carbons (Fsp3) is 0.846. The van der Waals surface area contributed by atoms with E-state index in [-0.39, 0.29) is 5.91 Å². The van der Waals surface area contributed by atoms with Crippen molar-refractivity contribution in [1.82, 2.24) is 10.6 Å². The lowest BCUT2D eigenvalue weighted by atomic mass is 9.90. The van der Waals surface area contributed by atoms with Crippen molar-refractivity contribution in [2.75, 3.05) is 6.54 Å². The third-order valence-corrected chi connectivity index (χ3v) is 3.54. The molecule has 5 nitrogen and oxygen atoms in total. The summed E-state index contributed by atoms with van der Waals surface area (Å²) in [5.74, 6) is -1.10. The van der Waals surface area contributed by atoms with Crippen LogP contribution in [0, 0.1) is 0 Å². The average molecular weight is 256 g/mol. The molecule has 1 aliphatic heterocycles. The minimum atomic E-state index is -0.949. The van der Waals surface area contributed by atoms with E-state index in [1.54, 1.807) is 0 Å². The van der Waals surface area contributed by atoms with E-state index in [2.05, 4.69) is 10.6 Å². The Morgan fingerprint density at radius 3 is 2.56 bits per heavy atom. The van der Waals surface area contributed by atoms with Gasteiger partial charge in [-0.15, -0.1) is 0 Å². The molecule has 0 aliphatic carbocycles. The molecule has 104 valence electrons. The van der Waals surface area contributed by atoms with Crippen LogP contribution in [0.1, 0.15) is 52.4 Å². The maximum Gasteiger partial charge on any atom is 0.326 e. The van der Waals surface area contributed by atoms with Crippen molar-refractivity contribution in [3.05, 3.63) is 0 Å². The van der Waals surface area contributed by atoms with Crippen molar-refractivity contribution < 1.29 is 14.7 Å². The summed E-state index contributed by atoms with van der Waals surface area (Å²) in [4.78, 5) is 23.4. The van der Waals surface area contributed by atoms with E-state index in [9.17, 15) is 9.59 Å². The number of carboxylic acid groups (broad SMARTS) is 1. The number of carbonyl (C=O) groups excluding carboxylic acids is 1. The van der Waals surface area contributed by atoms with Crippen LogP contribution in [-0.2, 0) is 9.59 Å². The Labute approximate surface area is 108 Å². The van der Waals surface area contributed by atoms with Gasteiger partial charge >= 0.3 is 5.97 Å². The van der Waals surface area contributed by atoms with Crippen LogP contribution in [-0.4, -0.2) is 35.1 Å². The van der Waals surface area contributed by atoms with Gasteiger partial charge in [0.25, 0.3) is 0 Å². The van der Waals surface area contributed by atoms with E-state index in [0.717, 1.165) is 38.6 Å². The molecular formula is C13H24N2O3. The molecule has 18 heavy (non-hydrogen) atoms. The number of rotatable bonds is 7. The van der Waals surface area contributed by atoms with Crippen molar-refractivity contribution in [3.63, 3.8) is 0 Å². The highest BCUT2D eigenvalue weighted by molar-refractivity contribution is 5.90. The topological polar surface area (TPSA) is 78.4 Å². The summed E-state index contributed by atoms with van der Waals surface area (Å²) in [6, 6.07) is -0.765. The zero-order valence-corrected chi connectivity index (χ0v) is 11.3. The normalized spacial score (nSPS) is 24.8. The van der Waals surface area contributed by atoms with Crippen molar-refractivity contribution in [2.45, 2.75) is 64.0 Å². The highest BCUT2D eigenvalue weighted by Crippen LogP contribution is 2.25. The molecule has 0 spiro atoms. The van der Waals surface area contributed by atoms with Gasteiger partial charge < -0.3 is 15.7 Å². The minimum absolute atomic E-state index is 0.150. The number of carboxylic acids is 1. The molecule has 0 aromatic rings. The van der Waals surface area contributed by atoms with Crippen LogP contribution >= 0.6 is 0 Å². The monoisotopic (exact) mass is 256 g/mol. The Hall–Kier alpha value is -1.10. The molecule has 1 rings (SSSR count). The SMILES string of the molecule is CCCC(NC(=O)C1(CCC)CCCN1)C(=O)O. The van der Waals surface area contributed by atoms with Gasteiger partial charge in [-0.3, -0.25) is 4.79 Å². The molecule has 3 N–H and O–H groups in total. The van der Waals surface area contributed by atoms with E-state index in [4.69, 9.17) is 5.11 Å². The maximum absolute atomic E-state index is 12.3. The molecule has 0 bridgehead atoms. The number of hydrogen-bond acceptors (Lipinski definition) is 3. The van der Waals surface area contributed by atoms with Gasteiger partial charge in [-0.05, 0) is 32.2 Å². The lowest BCUT2D eigenvalue weighted by Crippen LogP contribution is -2.57. The summed E-state index contributed by atoms with van der Waals surface area (Å²) in [5, 5.41) is 15.0. The van der Waals surface area contributed by atoms with Gasteiger partial charge in [-0.25, -0.2) is 4.79 Å². The molecule has 2 atom stereocenters. The molecule has 1 amide bonds. The fourth-order valence-corrected chi connectivity index (χ4v) is 2.60. The van der Waals surface area contributed by atoms with Crippen LogP contribution in [0.15, 0.2) is 0 Å². The molecular weight excluding hydrogens is 232 g/mol. The lowest BCUT2D eigenvalue weighted by Gasteiger charge is -2.29. The van der Waals surface area contributed by atoms with E-state index in [1.165, 1.54) is 0 Å². The zero-order chi connectivity index (χ0) is 13.6. The summed E-state index contributed by atoms with van der Waals surface area (Å²) >= 11 is 0. The van der Waals surface area contributed by atoms with Gasteiger partial charge in [-0.1, -0.05) is 26.7 Å². The maximum atomic E-state index is 12.3. The van der Waals surface area contributed by atoms with Crippen molar-refractivity contribution in [3.8, 4) is 0 Å². The van der Waals surface area contributed by atoms with Crippen LogP contribution in [0.2, 0.25) is 0 Å². The number of nitrogens with one attached hydrogen (secondary N) is 2. The second-order valence-electron chi connectivity index (χ2n) is 5.02. The van der Waals surface area contributed by atoms with Crippen LogP contribution in [0.25, 0.3) is 0 Å².